The fraction of sp³-hybridized carbons (Fsp3) is 0.421. The number of nitrogens with zero attached hydrogens (tertiary/aromatic N) is 2. The summed E-state index contributed by atoms with van der Waals surface area (Å²) in [5.74, 6) is -0.853. The highest BCUT2D eigenvalue weighted by Gasteiger charge is 2.48. The molecule has 0 bridgehead atoms. The topological polar surface area (TPSA) is 66.1 Å². The third-order valence-electron chi connectivity index (χ3n) is 5.78. The first-order valence-electron chi connectivity index (χ1n) is 8.61. The number of benzene rings is 1. The Labute approximate surface area is 144 Å². The molecule has 1 fully saturated rings. The van der Waals surface area contributed by atoms with Crippen molar-refractivity contribution in [2.75, 3.05) is 11.4 Å². The van der Waals surface area contributed by atoms with E-state index in [1.807, 2.05) is 6.07 Å². The zero-order valence-corrected chi connectivity index (χ0v) is 14.4. The molecular weight excluding hydrogens is 321 g/mol. The van der Waals surface area contributed by atoms with Gasteiger partial charge in [0.15, 0.2) is 0 Å². The summed E-state index contributed by atoms with van der Waals surface area (Å²) < 4.78 is 14.6. The summed E-state index contributed by atoms with van der Waals surface area (Å²) in [5.41, 5.74) is 1.71. The first-order valence-corrected chi connectivity index (χ1v) is 8.61. The van der Waals surface area contributed by atoms with Crippen molar-refractivity contribution in [1.29, 1.82) is 0 Å². The number of amides is 1. The van der Waals surface area contributed by atoms with Crippen LogP contribution in [-0.4, -0.2) is 22.6 Å². The van der Waals surface area contributed by atoms with Crippen molar-refractivity contribution in [1.82, 2.24) is 10.2 Å². The Balaban J connectivity index is 1.87. The van der Waals surface area contributed by atoms with Crippen molar-refractivity contribution < 1.29 is 9.18 Å². The van der Waals surface area contributed by atoms with Gasteiger partial charge in [0.05, 0.1) is 11.4 Å². The van der Waals surface area contributed by atoms with Crippen LogP contribution in [0.2, 0.25) is 0 Å². The van der Waals surface area contributed by atoms with Crippen LogP contribution in [0.3, 0.4) is 0 Å². The molecule has 1 aliphatic carbocycles. The number of fused-ring (bicyclic) bond motifs is 2. The molecule has 130 valence electrons. The molecule has 1 N–H and O–H groups in total. The van der Waals surface area contributed by atoms with Gasteiger partial charge in [-0.05, 0) is 43.9 Å². The number of carbonyl (C=O) groups excluding carboxylic acids is 1. The van der Waals surface area contributed by atoms with Crippen LogP contribution in [-0.2, 0) is 5.41 Å². The van der Waals surface area contributed by atoms with Gasteiger partial charge >= 0.3 is 0 Å². The number of hydrogen-bond acceptors (Lipinski definition) is 3. The van der Waals surface area contributed by atoms with Gasteiger partial charge in [0.2, 0.25) is 0 Å². The number of halogens is 1. The third kappa shape index (κ3) is 2.23. The molecule has 1 aromatic heterocycles. The molecule has 1 aromatic carbocycles. The minimum absolute atomic E-state index is 0.0525. The van der Waals surface area contributed by atoms with Crippen LogP contribution < -0.4 is 10.5 Å². The predicted molar refractivity (Wildman–Crippen MR) is 92.6 cm³/mol. The highest BCUT2D eigenvalue weighted by atomic mass is 19.1. The van der Waals surface area contributed by atoms with E-state index in [0.29, 0.717) is 23.5 Å². The number of aromatic nitrogens is 2. The third-order valence-corrected chi connectivity index (χ3v) is 5.78. The number of carbonyl (C=O) groups is 1. The lowest BCUT2D eigenvalue weighted by atomic mass is 9.81. The van der Waals surface area contributed by atoms with Gasteiger partial charge in [0.1, 0.15) is 11.4 Å². The lowest BCUT2D eigenvalue weighted by Crippen LogP contribution is -2.39. The Morgan fingerprint density at radius 3 is 2.72 bits per heavy atom. The van der Waals surface area contributed by atoms with E-state index in [0.717, 1.165) is 31.2 Å². The molecule has 25 heavy (non-hydrogen) atoms. The van der Waals surface area contributed by atoms with Crippen LogP contribution in [0.1, 0.15) is 52.9 Å². The summed E-state index contributed by atoms with van der Waals surface area (Å²) >= 11 is 0. The largest absolute Gasteiger partial charge is 0.304 e. The van der Waals surface area contributed by atoms with Crippen LogP contribution in [0.4, 0.5) is 10.1 Å². The van der Waals surface area contributed by atoms with E-state index >= 15 is 0 Å². The molecule has 2 heterocycles. The van der Waals surface area contributed by atoms with Gasteiger partial charge in [-0.1, -0.05) is 25.0 Å². The van der Waals surface area contributed by atoms with Gasteiger partial charge < -0.3 is 4.90 Å². The second kappa shape index (κ2) is 5.51. The van der Waals surface area contributed by atoms with E-state index in [4.69, 9.17) is 0 Å². The minimum atomic E-state index is -0.529. The maximum atomic E-state index is 14.6. The standard InChI is InChI=1S/C19H20FN3O2/c1-11-12(2)21-22-17(24)15(11)18(25)23-10-19(8-3-4-9-19)13-6-5-7-14(20)16(13)23/h5-7H,3-4,8-10H2,1-2H3,(H,22,24). The molecule has 1 aliphatic heterocycles. The summed E-state index contributed by atoms with van der Waals surface area (Å²) in [6.07, 6.45) is 4.04. The van der Waals surface area contributed by atoms with Gasteiger partial charge in [-0.2, -0.15) is 5.10 Å². The Hall–Kier alpha value is -2.50. The zero-order valence-electron chi connectivity index (χ0n) is 14.4. The Kier molecular flexibility index (Phi) is 3.52. The molecule has 2 aromatic rings. The zero-order chi connectivity index (χ0) is 17.8. The first-order chi connectivity index (χ1) is 11.9. The van der Waals surface area contributed by atoms with Crippen molar-refractivity contribution in [2.24, 2.45) is 0 Å². The molecule has 2 aliphatic rings. The number of hydrogen-bond donors (Lipinski definition) is 1. The van der Waals surface area contributed by atoms with E-state index in [1.165, 1.54) is 11.0 Å². The van der Waals surface area contributed by atoms with Gasteiger partial charge in [-0.25, -0.2) is 9.49 Å². The van der Waals surface area contributed by atoms with E-state index in [-0.39, 0.29) is 11.0 Å². The lowest BCUT2D eigenvalue weighted by Gasteiger charge is -2.24. The SMILES string of the molecule is Cc1n[nH]c(=O)c(C(=O)N2CC3(CCCC3)c3cccc(F)c32)c1C. The summed E-state index contributed by atoms with van der Waals surface area (Å²) in [6, 6.07) is 5.00. The van der Waals surface area contributed by atoms with Crippen LogP contribution in [0.15, 0.2) is 23.0 Å². The average Bonchev–Trinajstić information content (AvgIpc) is 3.19. The van der Waals surface area contributed by atoms with Gasteiger partial charge in [-0.15, -0.1) is 0 Å². The molecule has 0 atom stereocenters. The van der Waals surface area contributed by atoms with Crippen LogP contribution in [0.25, 0.3) is 0 Å². The second-order valence-corrected chi connectivity index (χ2v) is 7.15. The van der Waals surface area contributed by atoms with Crippen LogP contribution in [0.5, 0.6) is 0 Å². The van der Waals surface area contributed by atoms with Crippen LogP contribution in [0, 0.1) is 19.7 Å². The molecule has 6 heteroatoms. The number of nitrogens with one attached hydrogen (secondary N) is 1. The molecule has 1 amide bonds. The molecular formula is C19H20FN3O2. The molecule has 4 rings (SSSR count). The number of anilines is 1. The minimum Gasteiger partial charge on any atom is -0.304 e. The first kappa shape index (κ1) is 16.0. The van der Waals surface area contributed by atoms with Gasteiger partial charge in [0, 0.05) is 12.0 Å². The maximum Gasteiger partial charge on any atom is 0.277 e. The van der Waals surface area contributed by atoms with E-state index in [9.17, 15) is 14.0 Å². The molecule has 5 nitrogen and oxygen atoms in total. The van der Waals surface area contributed by atoms with Crippen molar-refractivity contribution in [3.63, 3.8) is 0 Å². The van der Waals surface area contributed by atoms with E-state index in [1.54, 1.807) is 19.9 Å². The van der Waals surface area contributed by atoms with E-state index < -0.39 is 17.3 Å². The van der Waals surface area contributed by atoms with Crippen LogP contribution >= 0.6 is 0 Å². The summed E-state index contributed by atoms with van der Waals surface area (Å²) in [4.78, 5) is 26.9. The monoisotopic (exact) mass is 341 g/mol. The fourth-order valence-corrected chi connectivity index (χ4v) is 4.36. The average molecular weight is 341 g/mol. The summed E-state index contributed by atoms with van der Waals surface area (Å²) in [7, 11) is 0. The molecule has 0 radical (unpaired) electrons. The molecule has 0 unspecified atom stereocenters. The lowest BCUT2D eigenvalue weighted by molar-refractivity contribution is 0.0981. The van der Waals surface area contributed by atoms with Crippen molar-refractivity contribution in [3.05, 3.63) is 56.8 Å². The highest BCUT2D eigenvalue weighted by molar-refractivity contribution is 6.08. The van der Waals surface area contributed by atoms with E-state index in [2.05, 4.69) is 10.2 Å². The number of aromatic amines is 1. The number of rotatable bonds is 1. The molecule has 0 saturated heterocycles. The summed E-state index contributed by atoms with van der Waals surface area (Å²) in [6.45, 7) is 3.87. The smallest absolute Gasteiger partial charge is 0.277 e. The van der Waals surface area contributed by atoms with Crippen molar-refractivity contribution in [2.45, 2.75) is 44.9 Å². The predicted octanol–water partition coefficient (Wildman–Crippen LogP) is 3.00. The fourth-order valence-electron chi connectivity index (χ4n) is 4.36. The quantitative estimate of drug-likeness (QED) is 0.867. The Morgan fingerprint density at radius 1 is 1.28 bits per heavy atom. The Morgan fingerprint density at radius 2 is 2.00 bits per heavy atom. The van der Waals surface area contributed by atoms with Gasteiger partial charge in [-0.3, -0.25) is 9.59 Å². The Bertz CT molecular complexity index is 929. The van der Waals surface area contributed by atoms with Crippen molar-refractivity contribution >= 4 is 11.6 Å². The second-order valence-electron chi connectivity index (χ2n) is 7.15. The number of para-hydroxylation sites is 1. The van der Waals surface area contributed by atoms with Crippen molar-refractivity contribution in [3.8, 4) is 0 Å². The normalized spacial score (nSPS) is 18.0. The maximum absolute atomic E-state index is 14.6. The number of aryl methyl sites for hydroxylation is 1. The number of H-pyrrole nitrogens is 1. The highest BCUT2D eigenvalue weighted by Crippen LogP contribution is 2.51. The molecule has 1 spiro atoms. The molecule has 1 saturated carbocycles. The summed E-state index contributed by atoms with van der Waals surface area (Å²) in [5, 5.41) is 6.26. The van der Waals surface area contributed by atoms with Gasteiger partial charge in [0.25, 0.3) is 11.5 Å².